The van der Waals surface area contributed by atoms with E-state index in [1.54, 1.807) is 19.2 Å². The van der Waals surface area contributed by atoms with Crippen molar-refractivity contribution in [2.75, 3.05) is 31.7 Å². The third kappa shape index (κ3) is 7.18. The Bertz CT molecular complexity index is 2240. The number of amides is 1. The summed E-state index contributed by atoms with van der Waals surface area (Å²) in [6.07, 6.45) is 4.03. The molecule has 6 aromatic rings. The third-order valence-corrected chi connectivity index (χ3v) is 12.5. The molecule has 0 bridgehead atoms. The molecule has 8 rings (SSSR count). The van der Waals surface area contributed by atoms with E-state index >= 15 is 0 Å². The molecular weight excluding hydrogens is 712 g/mol. The van der Waals surface area contributed by atoms with Gasteiger partial charge in [0.05, 0.1) is 24.1 Å². The number of likely N-dealkylation sites (tertiary alicyclic amines) is 1. The number of ether oxygens (including phenoxy) is 1. The maximum atomic E-state index is 14.8. The Kier molecular flexibility index (Phi) is 10.3. The van der Waals surface area contributed by atoms with Crippen molar-refractivity contribution < 1.29 is 23.0 Å². The van der Waals surface area contributed by atoms with Crippen LogP contribution in [0.25, 0.3) is 16.5 Å². The normalized spacial score (nSPS) is 18.0. The van der Waals surface area contributed by atoms with Crippen LogP contribution in [0.2, 0.25) is 0 Å². The van der Waals surface area contributed by atoms with Crippen LogP contribution in [0.15, 0.2) is 133 Å². The highest BCUT2D eigenvalue weighted by Gasteiger charge is 2.41. The number of rotatable bonds is 10. The Hall–Kier alpha value is -5.26. The van der Waals surface area contributed by atoms with Crippen molar-refractivity contribution in [1.82, 2.24) is 20.0 Å². The lowest BCUT2D eigenvalue weighted by Gasteiger charge is -2.37. The van der Waals surface area contributed by atoms with Gasteiger partial charge >= 0.3 is 0 Å². The monoisotopic (exact) mass is 756 g/mol. The summed E-state index contributed by atoms with van der Waals surface area (Å²) in [5, 5.41) is 9.54. The zero-order valence-corrected chi connectivity index (χ0v) is 31.6. The number of fused-ring (bicyclic) bond motifs is 1. The Balaban J connectivity index is 1.21. The summed E-state index contributed by atoms with van der Waals surface area (Å²) in [5.74, 6) is 0.442. The summed E-state index contributed by atoms with van der Waals surface area (Å²) >= 11 is 0. The van der Waals surface area contributed by atoms with Crippen LogP contribution in [0.5, 0.6) is 5.75 Å². The molecule has 0 unspecified atom stereocenters. The molecule has 0 radical (unpaired) electrons. The Morgan fingerprint density at radius 2 is 1.56 bits per heavy atom. The number of carbonyl (C=O) groups excluding carboxylic acids is 1. The summed E-state index contributed by atoms with van der Waals surface area (Å²) in [4.78, 5) is 16.3. The van der Waals surface area contributed by atoms with Crippen LogP contribution < -0.4 is 10.1 Å². The smallest absolute Gasteiger partial charge is 0.251 e. The highest BCUT2D eigenvalue weighted by atomic mass is 32.3. The molecule has 0 spiro atoms. The highest BCUT2D eigenvalue weighted by molar-refractivity contribution is 8.24. The molecule has 0 aliphatic carbocycles. The number of hydrogen-bond donors (Lipinski definition) is 3. The van der Waals surface area contributed by atoms with E-state index in [1.165, 1.54) is 6.07 Å². The van der Waals surface area contributed by atoms with Crippen LogP contribution >= 0.6 is 10.6 Å². The topological polar surface area (TPSA) is 99.8 Å². The van der Waals surface area contributed by atoms with Crippen LogP contribution in [0.1, 0.15) is 57.6 Å². The standard InChI is InChI=1S/C45H45FN4O4S/c1-54-42-21-11-20-40(46)39(42)31-49-26-12-19-37(30-49)47-44(51)33-22-23-41-38(29-33)43(32-24-27-55(52,53)28-25-32)48-50(41)45(34-13-5-2-6-14-34,35-15-7-3-8-16-35)36-17-9-4-10-18-36/h2-11,13-18,20-24,29,37,52-53H,12,19,25-28,30-31H2,1H3,(H,47,51)/t37-/m1/s1. The van der Waals surface area contributed by atoms with Gasteiger partial charge in [-0.15, -0.1) is 0 Å². The van der Waals surface area contributed by atoms with E-state index in [-0.39, 0.29) is 29.3 Å². The predicted molar refractivity (Wildman–Crippen MR) is 218 cm³/mol. The van der Waals surface area contributed by atoms with E-state index in [0.717, 1.165) is 58.2 Å². The second kappa shape index (κ2) is 15.5. The average Bonchev–Trinajstić information content (AvgIpc) is 3.59. The fourth-order valence-electron chi connectivity index (χ4n) is 8.26. The Morgan fingerprint density at radius 3 is 2.16 bits per heavy atom. The number of methoxy groups -OCH3 is 1. The first-order valence-corrected chi connectivity index (χ1v) is 20.6. The summed E-state index contributed by atoms with van der Waals surface area (Å²) in [6, 6.07) is 41.5. The van der Waals surface area contributed by atoms with Crippen molar-refractivity contribution in [1.29, 1.82) is 0 Å². The lowest BCUT2D eigenvalue weighted by molar-refractivity contribution is 0.0899. The van der Waals surface area contributed by atoms with Crippen molar-refractivity contribution in [3.8, 4) is 5.75 Å². The molecule has 0 saturated carbocycles. The van der Waals surface area contributed by atoms with Gasteiger partial charge in [-0.2, -0.15) is 15.7 Å². The van der Waals surface area contributed by atoms with Crippen molar-refractivity contribution >= 4 is 33.0 Å². The first-order chi connectivity index (χ1) is 26.8. The first kappa shape index (κ1) is 36.7. The second-order valence-corrected chi connectivity index (χ2v) is 16.8. The minimum atomic E-state index is -2.70. The zero-order valence-electron chi connectivity index (χ0n) is 30.8. The van der Waals surface area contributed by atoms with Gasteiger partial charge < -0.3 is 10.1 Å². The molecule has 3 N–H and O–H groups in total. The SMILES string of the molecule is COc1cccc(F)c1CN1CCC[C@@H](NC(=O)c2ccc3c(c2)c(C2=CCS(O)(O)CC2)nn3C(c2ccccc2)(c2ccccc2)c2ccccc2)C1. The summed E-state index contributed by atoms with van der Waals surface area (Å²) < 4.78 is 43.4. The third-order valence-electron chi connectivity index (χ3n) is 11.0. The average molecular weight is 757 g/mol. The number of hydrogen-bond acceptors (Lipinski definition) is 6. The molecule has 2 aliphatic rings. The van der Waals surface area contributed by atoms with Crippen LogP contribution in [-0.4, -0.2) is 67.4 Å². The van der Waals surface area contributed by atoms with E-state index in [9.17, 15) is 18.3 Å². The minimum Gasteiger partial charge on any atom is -0.496 e. The number of piperidine rings is 1. The molecule has 1 amide bonds. The van der Waals surface area contributed by atoms with Crippen molar-refractivity contribution in [2.45, 2.75) is 37.4 Å². The van der Waals surface area contributed by atoms with Gasteiger partial charge in [-0.25, -0.2) is 9.07 Å². The van der Waals surface area contributed by atoms with Gasteiger partial charge in [-0.3, -0.25) is 18.8 Å². The van der Waals surface area contributed by atoms with Gasteiger partial charge in [0.1, 0.15) is 17.1 Å². The van der Waals surface area contributed by atoms with Crippen LogP contribution in [-0.2, 0) is 12.1 Å². The number of allylic oxidation sites excluding steroid dienone is 1. The van der Waals surface area contributed by atoms with E-state index < -0.39 is 16.1 Å². The highest BCUT2D eigenvalue weighted by Crippen LogP contribution is 2.48. The maximum Gasteiger partial charge on any atom is 0.251 e. The predicted octanol–water partition coefficient (Wildman–Crippen LogP) is 8.96. The number of nitrogens with one attached hydrogen (secondary N) is 1. The quantitative estimate of drug-likeness (QED) is 0.121. The second-order valence-electron chi connectivity index (χ2n) is 14.4. The fraction of sp³-hybridized carbons (Fsp3) is 0.244. The molecule has 3 heterocycles. The summed E-state index contributed by atoms with van der Waals surface area (Å²) in [5.41, 5.74) is 5.66. The van der Waals surface area contributed by atoms with E-state index in [2.05, 4.69) is 51.3 Å². The van der Waals surface area contributed by atoms with Gasteiger partial charge in [-0.1, -0.05) is 103 Å². The molecule has 1 saturated heterocycles. The van der Waals surface area contributed by atoms with Gasteiger partial charge in [0.15, 0.2) is 0 Å². The lowest BCUT2D eigenvalue weighted by Crippen LogP contribution is -2.47. The molecule has 1 atom stereocenters. The molecule has 1 fully saturated rings. The van der Waals surface area contributed by atoms with Gasteiger partial charge in [0, 0.05) is 41.4 Å². The van der Waals surface area contributed by atoms with E-state index in [0.29, 0.717) is 36.4 Å². The fourth-order valence-corrected chi connectivity index (χ4v) is 9.44. The number of aromatic nitrogens is 2. The lowest BCUT2D eigenvalue weighted by atomic mass is 9.77. The Labute approximate surface area is 322 Å². The van der Waals surface area contributed by atoms with Gasteiger partial charge in [-0.05, 0) is 78.4 Å². The van der Waals surface area contributed by atoms with Gasteiger partial charge in [0.25, 0.3) is 5.91 Å². The molecular formula is C45H45FN4O4S. The van der Waals surface area contributed by atoms with Crippen LogP contribution in [0, 0.1) is 5.82 Å². The van der Waals surface area contributed by atoms with Gasteiger partial charge in [0.2, 0.25) is 0 Å². The molecule has 10 heteroatoms. The van der Waals surface area contributed by atoms with Crippen LogP contribution in [0.3, 0.4) is 0 Å². The minimum absolute atomic E-state index is 0.120. The van der Waals surface area contributed by atoms with Crippen molar-refractivity contribution in [3.05, 3.63) is 173 Å². The molecule has 5 aromatic carbocycles. The van der Waals surface area contributed by atoms with Crippen LogP contribution in [0.4, 0.5) is 4.39 Å². The van der Waals surface area contributed by atoms with Crippen molar-refractivity contribution in [3.63, 3.8) is 0 Å². The van der Waals surface area contributed by atoms with E-state index in [1.807, 2.05) is 78.9 Å². The maximum absolute atomic E-state index is 14.8. The number of nitrogens with zero attached hydrogens (tertiary/aromatic N) is 3. The number of halogens is 1. The molecule has 2 aliphatic heterocycles. The summed E-state index contributed by atoms with van der Waals surface area (Å²) in [6.45, 7) is 1.77. The molecule has 55 heavy (non-hydrogen) atoms. The molecule has 8 nitrogen and oxygen atoms in total. The zero-order chi connectivity index (χ0) is 38.0. The molecule has 282 valence electrons. The van der Waals surface area contributed by atoms with Crippen molar-refractivity contribution in [2.24, 2.45) is 0 Å². The first-order valence-electron chi connectivity index (χ1n) is 18.7. The molecule has 1 aromatic heterocycles. The Morgan fingerprint density at radius 1 is 0.909 bits per heavy atom. The summed E-state index contributed by atoms with van der Waals surface area (Å²) in [7, 11) is -1.16. The number of carbonyl (C=O) groups is 1. The largest absolute Gasteiger partial charge is 0.496 e. The van der Waals surface area contributed by atoms with E-state index in [4.69, 9.17) is 9.84 Å². The number of benzene rings is 5.